The summed E-state index contributed by atoms with van der Waals surface area (Å²) in [5.41, 5.74) is 0. The number of nitrogens with zero attached hydrogens (tertiary/aromatic N) is 1. The van der Waals surface area contributed by atoms with Gasteiger partial charge in [-0.15, -0.1) is 24.8 Å². The number of hydrogen-bond acceptors (Lipinski definition) is 4. The highest BCUT2D eigenvalue weighted by atomic mass is 35.5. The summed E-state index contributed by atoms with van der Waals surface area (Å²) in [5, 5.41) is 6.14. The quantitative estimate of drug-likeness (QED) is 0.681. The van der Waals surface area contributed by atoms with E-state index >= 15 is 0 Å². The van der Waals surface area contributed by atoms with Crippen LogP contribution in [0.4, 0.5) is 0 Å². The van der Waals surface area contributed by atoms with E-state index in [0.717, 1.165) is 19.5 Å². The van der Waals surface area contributed by atoms with Crippen LogP contribution in [0.1, 0.15) is 38.5 Å². The molecule has 132 valence electrons. The van der Waals surface area contributed by atoms with Crippen molar-refractivity contribution in [3.05, 3.63) is 0 Å². The van der Waals surface area contributed by atoms with Crippen molar-refractivity contribution < 1.29 is 9.53 Å². The van der Waals surface area contributed by atoms with Gasteiger partial charge in [0.05, 0.1) is 6.61 Å². The highest BCUT2D eigenvalue weighted by Gasteiger charge is 2.20. The molecule has 2 rings (SSSR count). The maximum Gasteiger partial charge on any atom is 0.250 e. The van der Waals surface area contributed by atoms with Crippen molar-refractivity contribution in [2.75, 3.05) is 45.9 Å². The van der Waals surface area contributed by atoms with E-state index in [2.05, 4.69) is 15.5 Å². The van der Waals surface area contributed by atoms with E-state index in [1.165, 1.54) is 51.7 Å². The van der Waals surface area contributed by atoms with Crippen molar-refractivity contribution >= 4 is 30.7 Å². The number of likely N-dealkylation sites (tertiary alicyclic amines) is 1. The number of carbonyl (C=O) groups excluding carboxylic acids is 1. The number of piperidine rings is 1. The monoisotopic (exact) mass is 355 g/mol. The molecule has 0 aliphatic carbocycles. The standard InChI is InChI=1S/C15H29N3O2.2ClH/c19-15(14-13-16-8-12-20-14)17-7-3-1-4-9-18-10-5-2-6-11-18;;/h14,16H,1-13H2,(H,17,19);2*1H. The lowest BCUT2D eigenvalue weighted by molar-refractivity contribution is -0.134. The predicted octanol–water partition coefficient (Wildman–Crippen LogP) is 1.59. The molecule has 0 aromatic rings. The number of morpholine rings is 1. The topological polar surface area (TPSA) is 53.6 Å². The second kappa shape index (κ2) is 13.4. The van der Waals surface area contributed by atoms with Gasteiger partial charge in [-0.25, -0.2) is 0 Å². The van der Waals surface area contributed by atoms with Crippen molar-refractivity contribution in [1.82, 2.24) is 15.5 Å². The molecule has 0 bridgehead atoms. The summed E-state index contributed by atoms with van der Waals surface area (Å²) in [5.74, 6) is 0.0354. The summed E-state index contributed by atoms with van der Waals surface area (Å²) in [6, 6.07) is 0. The molecule has 2 aliphatic heterocycles. The molecule has 2 fully saturated rings. The number of ether oxygens (including phenoxy) is 1. The molecular weight excluding hydrogens is 325 g/mol. The van der Waals surface area contributed by atoms with Crippen molar-refractivity contribution in [2.45, 2.75) is 44.6 Å². The molecule has 7 heteroatoms. The SMILES string of the molecule is Cl.Cl.O=C(NCCCCCN1CCCCC1)C1CNCCO1. The Hall–Kier alpha value is -0.0700. The highest BCUT2D eigenvalue weighted by Crippen LogP contribution is 2.09. The Morgan fingerprint density at radius 1 is 1.14 bits per heavy atom. The van der Waals surface area contributed by atoms with Crippen LogP contribution >= 0.6 is 24.8 Å². The molecule has 2 saturated heterocycles. The van der Waals surface area contributed by atoms with Crippen LogP contribution in [0.3, 0.4) is 0 Å². The molecule has 0 saturated carbocycles. The van der Waals surface area contributed by atoms with Gasteiger partial charge in [0.15, 0.2) is 0 Å². The number of amides is 1. The molecule has 1 unspecified atom stereocenters. The first-order valence-electron chi connectivity index (χ1n) is 8.18. The minimum atomic E-state index is -0.294. The molecular formula is C15H31Cl2N3O2. The molecule has 5 nitrogen and oxygen atoms in total. The van der Waals surface area contributed by atoms with Gasteiger partial charge in [-0.3, -0.25) is 4.79 Å². The van der Waals surface area contributed by atoms with Crippen molar-refractivity contribution in [3.63, 3.8) is 0 Å². The maximum absolute atomic E-state index is 11.8. The minimum Gasteiger partial charge on any atom is -0.366 e. The maximum atomic E-state index is 11.8. The largest absolute Gasteiger partial charge is 0.366 e. The van der Waals surface area contributed by atoms with Gasteiger partial charge in [0, 0.05) is 19.6 Å². The summed E-state index contributed by atoms with van der Waals surface area (Å²) in [6.07, 6.45) is 7.35. The number of halogens is 2. The second-order valence-electron chi connectivity index (χ2n) is 5.82. The van der Waals surface area contributed by atoms with Crippen LogP contribution in [-0.4, -0.2) is 62.8 Å². The molecule has 2 heterocycles. The van der Waals surface area contributed by atoms with E-state index in [4.69, 9.17) is 4.74 Å². The number of nitrogens with one attached hydrogen (secondary N) is 2. The van der Waals surface area contributed by atoms with Gasteiger partial charge in [-0.2, -0.15) is 0 Å². The Balaban J connectivity index is 0.00000220. The third-order valence-electron chi connectivity index (χ3n) is 4.12. The summed E-state index contributed by atoms with van der Waals surface area (Å²) in [7, 11) is 0. The van der Waals surface area contributed by atoms with E-state index in [1.807, 2.05) is 0 Å². The van der Waals surface area contributed by atoms with Gasteiger partial charge < -0.3 is 20.3 Å². The zero-order valence-corrected chi connectivity index (χ0v) is 15.0. The Morgan fingerprint density at radius 2 is 1.91 bits per heavy atom. The van der Waals surface area contributed by atoms with E-state index in [0.29, 0.717) is 13.2 Å². The van der Waals surface area contributed by atoms with Gasteiger partial charge in [0.1, 0.15) is 6.10 Å². The smallest absolute Gasteiger partial charge is 0.250 e. The lowest BCUT2D eigenvalue weighted by Crippen LogP contribution is -2.48. The molecule has 2 N–H and O–H groups in total. The molecule has 1 amide bonds. The Morgan fingerprint density at radius 3 is 2.59 bits per heavy atom. The Kier molecular flexibility index (Phi) is 13.3. The lowest BCUT2D eigenvalue weighted by atomic mass is 10.1. The molecule has 1 atom stereocenters. The summed E-state index contributed by atoms with van der Waals surface area (Å²) >= 11 is 0. The van der Waals surface area contributed by atoms with Gasteiger partial charge in [-0.05, 0) is 45.3 Å². The van der Waals surface area contributed by atoms with Gasteiger partial charge >= 0.3 is 0 Å². The highest BCUT2D eigenvalue weighted by molar-refractivity contribution is 5.85. The average Bonchev–Trinajstić information content (AvgIpc) is 2.52. The lowest BCUT2D eigenvalue weighted by Gasteiger charge is -2.26. The average molecular weight is 356 g/mol. The van der Waals surface area contributed by atoms with Crippen LogP contribution in [0.5, 0.6) is 0 Å². The van der Waals surface area contributed by atoms with E-state index in [1.54, 1.807) is 0 Å². The van der Waals surface area contributed by atoms with Crippen molar-refractivity contribution in [3.8, 4) is 0 Å². The van der Waals surface area contributed by atoms with Gasteiger partial charge in [-0.1, -0.05) is 12.8 Å². The van der Waals surface area contributed by atoms with Crippen LogP contribution in [0.15, 0.2) is 0 Å². The molecule has 0 spiro atoms. The zero-order valence-electron chi connectivity index (χ0n) is 13.3. The normalized spacial score (nSPS) is 22.3. The molecule has 22 heavy (non-hydrogen) atoms. The fourth-order valence-electron chi connectivity index (χ4n) is 2.88. The fraction of sp³-hybridized carbons (Fsp3) is 0.933. The number of rotatable bonds is 7. The fourth-order valence-corrected chi connectivity index (χ4v) is 2.88. The predicted molar refractivity (Wildman–Crippen MR) is 94.3 cm³/mol. The zero-order chi connectivity index (χ0) is 14.0. The van der Waals surface area contributed by atoms with Crippen LogP contribution in [-0.2, 0) is 9.53 Å². The van der Waals surface area contributed by atoms with E-state index < -0.39 is 0 Å². The van der Waals surface area contributed by atoms with Crippen LogP contribution < -0.4 is 10.6 Å². The van der Waals surface area contributed by atoms with Gasteiger partial charge in [0.2, 0.25) is 5.91 Å². The Bertz CT molecular complexity index is 284. The first-order chi connectivity index (χ1) is 9.86. The first kappa shape index (κ1) is 21.9. The van der Waals surface area contributed by atoms with Crippen molar-refractivity contribution in [2.24, 2.45) is 0 Å². The van der Waals surface area contributed by atoms with Gasteiger partial charge in [0.25, 0.3) is 0 Å². The molecule has 0 radical (unpaired) electrons. The van der Waals surface area contributed by atoms with E-state index in [-0.39, 0.29) is 36.8 Å². The molecule has 2 aliphatic rings. The molecule has 0 aromatic carbocycles. The number of carbonyl (C=O) groups is 1. The minimum absolute atomic E-state index is 0. The van der Waals surface area contributed by atoms with Crippen LogP contribution in [0.25, 0.3) is 0 Å². The van der Waals surface area contributed by atoms with E-state index in [9.17, 15) is 4.79 Å². The number of unbranched alkanes of at least 4 members (excludes halogenated alkanes) is 2. The summed E-state index contributed by atoms with van der Waals surface area (Å²) < 4.78 is 5.42. The summed E-state index contributed by atoms with van der Waals surface area (Å²) in [4.78, 5) is 14.4. The first-order valence-corrected chi connectivity index (χ1v) is 8.18. The third kappa shape index (κ3) is 8.53. The third-order valence-corrected chi connectivity index (χ3v) is 4.12. The van der Waals surface area contributed by atoms with Crippen molar-refractivity contribution in [1.29, 1.82) is 0 Å². The summed E-state index contributed by atoms with van der Waals surface area (Å²) in [6.45, 7) is 6.68. The number of hydrogen-bond donors (Lipinski definition) is 2. The van der Waals surface area contributed by atoms with Crippen LogP contribution in [0.2, 0.25) is 0 Å². The Labute approximate surface area is 146 Å². The second-order valence-corrected chi connectivity index (χ2v) is 5.82. The molecule has 0 aromatic heterocycles. The van der Waals surface area contributed by atoms with Crippen LogP contribution in [0, 0.1) is 0 Å².